The molecule has 1 fully saturated rings. The number of piperidine rings is 1. The Morgan fingerprint density at radius 3 is 2.83 bits per heavy atom. The van der Waals surface area contributed by atoms with Crippen molar-refractivity contribution in [2.24, 2.45) is 0 Å². The lowest BCUT2D eigenvalue weighted by Gasteiger charge is -2.39. The van der Waals surface area contributed by atoms with Crippen LogP contribution in [0.5, 0.6) is 0 Å². The SMILES string of the molecule is CN(C(=O)OC(C)(C)C)[C@H]1CN(c2nccc(N)n2)CC[C@H]1F. The van der Waals surface area contributed by atoms with E-state index in [2.05, 4.69) is 9.97 Å². The van der Waals surface area contributed by atoms with Gasteiger partial charge in [-0.05, 0) is 33.3 Å². The predicted octanol–water partition coefficient (Wildman–Crippen LogP) is 1.84. The van der Waals surface area contributed by atoms with Crippen LogP contribution in [0.4, 0.5) is 21.0 Å². The molecule has 1 aromatic heterocycles. The lowest BCUT2D eigenvalue weighted by molar-refractivity contribution is 0.0114. The Hall–Kier alpha value is -2.12. The van der Waals surface area contributed by atoms with Crippen molar-refractivity contribution in [3.05, 3.63) is 12.3 Å². The van der Waals surface area contributed by atoms with Gasteiger partial charge >= 0.3 is 6.09 Å². The van der Waals surface area contributed by atoms with Gasteiger partial charge < -0.3 is 20.3 Å². The number of anilines is 2. The van der Waals surface area contributed by atoms with Gasteiger partial charge in [0.1, 0.15) is 17.6 Å². The largest absolute Gasteiger partial charge is 0.444 e. The zero-order valence-corrected chi connectivity index (χ0v) is 14.0. The number of halogens is 1. The molecule has 1 saturated heterocycles. The highest BCUT2D eigenvalue weighted by Gasteiger charge is 2.36. The van der Waals surface area contributed by atoms with Crippen molar-refractivity contribution >= 4 is 17.9 Å². The highest BCUT2D eigenvalue weighted by Crippen LogP contribution is 2.23. The van der Waals surface area contributed by atoms with E-state index in [1.807, 2.05) is 4.90 Å². The summed E-state index contributed by atoms with van der Waals surface area (Å²) in [5.41, 5.74) is 5.05. The van der Waals surface area contributed by atoms with Crippen LogP contribution < -0.4 is 10.6 Å². The molecule has 1 aliphatic rings. The number of likely N-dealkylation sites (N-methyl/N-ethyl adjacent to an activating group) is 1. The third-order valence-corrected chi connectivity index (χ3v) is 3.63. The number of rotatable bonds is 2. The van der Waals surface area contributed by atoms with E-state index in [9.17, 15) is 9.18 Å². The van der Waals surface area contributed by atoms with E-state index >= 15 is 0 Å². The Kier molecular flexibility index (Phi) is 4.91. The van der Waals surface area contributed by atoms with Crippen LogP contribution in [0.1, 0.15) is 27.2 Å². The van der Waals surface area contributed by atoms with Crippen LogP contribution in [0.25, 0.3) is 0 Å². The Labute approximate surface area is 135 Å². The molecule has 0 aliphatic carbocycles. The summed E-state index contributed by atoms with van der Waals surface area (Å²) < 4.78 is 19.6. The summed E-state index contributed by atoms with van der Waals surface area (Å²) in [6.07, 6.45) is 0.187. The summed E-state index contributed by atoms with van der Waals surface area (Å²) in [6.45, 7) is 6.10. The van der Waals surface area contributed by atoms with E-state index in [0.29, 0.717) is 24.9 Å². The molecule has 8 heteroatoms. The number of nitrogen functional groups attached to an aromatic ring is 1. The summed E-state index contributed by atoms with van der Waals surface area (Å²) >= 11 is 0. The molecule has 23 heavy (non-hydrogen) atoms. The van der Waals surface area contributed by atoms with Gasteiger partial charge in [0.25, 0.3) is 0 Å². The summed E-state index contributed by atoms with van der Waals surface area (Å²) in [7, 11) is 1.55. The van der Waals surface area contributed by atoms with Crippen molar-refractivity contribution in [1.82, 2.24) is 14.9 Å². The number of carbonyl (C=O) groups is 1. The van der Waals surface area contributed by atoms with Crippen molar-refractivity contribution in [1.29, 1.82) is 0 Å². The van der Waals surface area contributed by atoms with Gasteiger partial charge in [0.2, 0.25) is 5.95 Å². The highest BCUT2D eigenvalue weighted by molar-refractivity contribution is 5.68. The molecule has 0 saturated carbocycles. The van der Waals surface area contributed by atoms with E-state index in [1.54, 1.807) is 40.1 Å². The van der Waals surface area contributed by atoms with Gasteiger partial charge in [0.15, 0.2) is 0 Å². The minimum atomic E-state index is -1.12. The average Bonchev–Trinajstić information content (AvgIpc) is 2.45. The number of carbonyl (C=O) groups excluding carboxylic acids is 1. The molecule has 1 aliphatic heterocycles. The topological polar surface area (TPSA) is 84.6 Å². The molecule has 1 aromatic rings. The summed E-state index contributed by atoms with van der Waals surface area (Å²) in [4.78, 5) is 23.6. The minimum Gasteiger partial charge on any atom is -0.444 e. The summed E-state index contributed by atoms with van der Waals surface area (Å²) in [5, 5.41) is 0. The Bertz CT molecular complexity index is 563. The van der Waals surface area contributed by atoms with Gasteiger partial charge in [-0.15, -0.1) is 0 Å². The monoisotopic (exact) mass is 325 g/mol. The summed E-state index contributed by atoms with van der Waals surface area (Å²) in [5.74, 6) is 0.800. The predicted molar refractivity (Wildman–Crippen MR) is 86.0 cm³/mol. The molecular weight excluding hydrogens is 301 g/mol. The van der Waals surface area contributed by atoms with Gasteiger partial charge in [0, 0.05) is 26.3 Å². The zero-order chi connectivity index (χ0) is 17.2. The molecule has 2 rings (SSSR count). The van der Waals surface area contributed by atoms with E-state index in [4.69, 9.17) is 10.5 Å². The Morgan fingerprint density at radius 1 is 1.52 bits per heavy atom. The molecule has 2 heterocycles. The fraction of sp³-hybridized carbons (Fsp3) is 0.667. The molecule has 2 N–H and O–H groups in total. The zero-order valence-electron chi connectivity index (χ0n) is 14.0. The fourth-order valence-corrected chi connectivity index (χ4v) is 2.43. The van der Waals surface area contributed by atoms with Gasteiger partial charge in [-0.2, -0.15) is 4.98 Å². The molecule has 0 unspecified atom stereocenters. The van der Waals surface area contributed by atoms with E-state index in [-0.39, 0.29) is 6.42 Å². The minimum absolute atomic E-state index is 0.288. The average molecular weight is 325 g/mol. The first kappa shape index (κ1) is 17.2. The van der Waals surface area contributed by atoms with Crippen LogP contribution in [-0.2, 0) is 4.74 Å². The number of nitrogens with two attached hydrogens (primary N) is 1. The van der Waals surface area contributed by atoms with Gasteiger partial charge in [-0.25, -0.2) is 14.2 Å². The lowest BCUT2D eigenvalue weighted by Crippen LogP contribution is -2.55. The van der Waals surface area contributed by atoms with Crippen LogP contribution in [0.3, 0.4) is 0 Å². The van der Waals surface area contributed by atoms with Crippen LogP contribution in [-0.4, -0.2) is 58.9 Å². The molecule has 0 aromatic carbocycles. The number of alkyl halides is 1. The van der Waals surface area contributed by atoms with Crippen molar-refractivity contribution in [2.75, 3.05) is 30.8 Å². The molecule has 0 bridgehead atoms. The quantitative estimate of drug-likeness (QED) is 0.893. The molecule has 7 nitrogen and oxygen atoms in total. The lowest BCUT2D eigenvalue weighted by atomic mass is 10.0. The second-order valence-electron chi connectivity index (χ2n) is 6.69. The van der Waals surface area contributed by atoms with E-state index < -0.39 is 23.9 Å². The van der Waals surface area contributed by atoms with Crippen molar-refractivity contribution in [3.63, 3.8) is 0 Å². The van der Waals surface area contributed by atoms with Crippen LogP contribution in [0.2, 0.25) is 0 Å². The Balaban J connectivity index is 2.10. The Morgan fingerprint density at radius 2 is 2.22 bits per heavy atom. The first-order valence-corrected chi connectivity index (χ1v) is 7.61. The molecule has 2 atom stereocenters. The maximum atomic E-state index is 14.3. The molecule has 0 spiro atoms. The molecule has 0 radical (unpaired) electrons. The molecule has 128 valence electrons. The third-order valence-electron chi connectivity index (χ3n) is 3.63. The van der Waals surface area contributed by atoms with Crippen LogP contribution in [0.15, 0.2) is 12.3 Å². The maximum absolute atomic E-state index is 14.3. The molecular formula is C15H24FN5O2. The van der Waals surface area contributed by atoms with Crippen molar-refractivity contribution < 1.29 is 13.9 Å². The number of hydrogen-bond acceptors (Lipinski definition) is 6. The third kappa shape index (κ3) is 4.43. The smallest absolute Gasteiger partial charge is 0.410 e. The summed E-state index contributed by atoms with van der Waals surface area (Å²) in [6, 6.07) is 0.971. The van der Waals surface area contributed by atoms with Crippen molar-refractivity contribution in [3.8, 4) is 0 Å². The van der Waals surface area contributed by atoms with E-state index in [0.717, 1.165) is 0 Å². The molecule has 1 amide bonds. The first-order chi connectivity index (χ1) is 10.7. The second-order valence-corrected chi connectivity index (χ2v) is 6.69. The van der Waals surface area contributed by atoms with Gasteiger partial charge in [-0.3, -0.25) is 0 Å². The number of hydrogen-bond donors (Lipinski definition) is 1. The maximum Gasteiger partial charge on any atom is 0.410 e. The number of amides is 1. The number of nitrogens with zero attached hydrogens (tertiary/aromatic N) is 4. The van der Waals surface area contributed by atoms with E-state index in [1.165, 1.54) is 4.90 Å². The van der Waals surface area contributed by atoms with Crippen molar-refractivity contribution in [2.45, 2.75) is 45.0 Å². The number of aromatic nitrogens is 2. The number of ether oxygens (including phenoxy) is 1. The standard InChI is InChI=1S/C15H24FN5O2/c1-15(2,3)23-14(22)20(4)11-9-21(8-6-10(11)16)13-18-7-5-12(17)19-13/h5,7,10-11H,6,8-9H2,1-4H3,(H2,17,18,19)/t10-,11+/m1/s1. The van der Waals surface area contributed by atoms with Crippen LogP contribution in [0, 0.1) is 0 Å². The van der Waals surface area contributed by atoms with Gasteiger partial charge in [0.05, 0.1) is 6.04 Å². The van der Waals surface area contributed by atoms with Crippen LogP contribution >= 0.6 is 0 Å². The fourth-order valence-electron chi connectivity index (χ4n) is 2.43. The highest BCUT2D eigenvalue weighted by atomic mass is 19.1. The first-order valence-electron chi connectivity index (χ1n) is 7.61. The second kappa shape index (κ2) is 6.55. The normalized spacial score (nSPS) is 21.9. The van der Waals surface area contributed by atoms with Gasteiger partial charge in [-0.1, -0.05) is 0 Å².